The SMILES string of the molecule is Cc1nc2ccnn2cc1C(=O)Nc1cccc(CN2CCNC(=O)C2)c1. The Hall–Kier alpha value is -3.26. The number of rotatable bonds is 4. The van der Waals surface area contributed by atoms with E-state index < -0.39 is 0 Å². The monoisotopic (exact) mass is 364 g/mol. The van der Waals surface area contributed by atoms with E-state index in [0.29, 0.717) is 42.2 Å². The summed E-state index contributed by atoms with van der Waals surface area (Å²) in [6.07, 6.45) is 3.33. The number of hydrogen-bond donors (Lipinski definition) is 2. The molecule has 3 heterocycles. The fraction of sp³-hybridized carbons (Fsp3) is 0.263. The number of benzene rings is 1. The number of hydrogen-bond acceptors (Lipinski definition) is 5. The van der Waals surface area contributed by atoms with Crippen molar-refractivity contribution < 1.29 is 9.59 Å². The first-order chi connectivity index (χ1) is 13.1. The van der Waals surface area contributed by atoms with Gasteiger partial charge in [0, 0.05) is 37.6 Å². The van der Waals surface area contributed by atoms with Crippen LogP contribution >= 0.6 is 0 Å². The predicted molar refractivity (Wildman–Crippen MR) is 100 cm³/mol. The molecule has 1 aromatic carbocycles. The lowest BCUT2D eigenvalue weighted by molar-refractivity contribution is -0.124. The van der Waals surface area contributed by atoms with E-state index in [1.807, 2.05) is 24.3 Å². The van der Waals surface area contributed by atoms with Gasteiger partial charge in [-0.3, -0.25) is 14.5 Å². The molecule has 1 aliphatic rings. The highest BCUT2D eigenvalue weighted by Crippen LogP contribution is 2.16. The number of nitrogens with zero attached hydrogens (tertiary/aromatic N) is 4. The second-order valence-electron chi connectivity index (χ2n) is 6.59. The first-order valence-electron chi connectivity index (χ1n) is 8.79. The van der Waals surface area contributed by atoms with Gasteiger partial charge in [0.25, 0.3) is 5.91 Å². The molecule has 8 heteroatoms. The van der Waals surface area contributed by atoms with Crippen LogP contribution in [0.15, 0.2) is 42.7 Å². The van der Waals surface area contributed by atoms with Crippen LogP contribution in [0.5, 0.6) is 0 Å². The minimum absolute atomic E-state index is 0.0442. The number of carbonyl (C=O) groups excluding carboxylic acids is 2. The topological polar surface area (TPSA) is 91.6 Å². The van der Waals surface area contributed by atoms with E-state index in [-0.39, 0.29) is 11.8 Å². The summed E-state index contributed by atoms with van der Waals surface area (Å²) in [4.78, 5) is 30.7. The molecule has 2 aromatic heterocycles. The summed E-state index contributed by atoms with van der Waals surface area (Å²) < 4.78 is 1.58. The third kappa shape index (κ3) is 3.80. The molecule has 138 valence electrons. The molecule has 4 rings (SSSR count). The number of nitrogens with one attached hydrogen (secondary N) is 2. The van der Waals surface area contributed by atoms with Crippen molar-refractivity contribution >= 4 is 23.1 Å². The second kappa shape index (κ2) is 7.16. The second-order valence-corrected chi connectivity index (χ2v) is 6.59. The summed E-state index contributed by atoms with van der Waals surface area (Å²) >= 11 is 0. The maximum Gasteiger partial charge on any atom is 0.259 e. The van der Waals surface area contributed by atoms with Gasteiger partial charge in [-0.1, -0.05) is 12.1 Å². The van der Waals surface area contributed by atoms with Crippen molar-refractivity contribution in [2.75, 3.05) is 25.0 Å². The smallest absolute Gasteiger partial charge is 0.259 e. The van der Waals surface area contributed by atoms with Gasteiger partial charge in [0.1, 0.15) is 0 Å². The van der Waals surface area contributed by atoms with Gasteiger partial charge in [0.05, 0.1) is 24.0 Å². The van der Waals surface area contributed by atoms with Gasteiger partial charge in [0.15, 0.2) is 5.65 Å². The van der Waals surface area contributed by atoms with Crippen LogP contribution in [0, 0.1) is 6.92 Å². The molecule has 2 N–H and O–H groups in total. The molecule has 0 aliphatic carbocycles. The molecule has 0 atom stereocenters. The third-order valence-corrected chi connectivity index (χ3v) is 4.53. The number of anilines is 1. The van der Waals surface area contributed by atoms with E-state index in [2.05, 4.69) is 25.6 Å². The van der Waals surface area contributed by atoms with E-state index in [1.165, 1.54) is 0 Å². The highest BCUT2D eigenvalue weighted by Gasteiger charge is 2.17. The molecule has 27 heavy (non-hydrogen) atoms. The number of fused-ring (bicyclic) bond motifs is 1. The van der Waals surface area contributed by atoms with Crippen LogP contribution in [0.25, 0.3) is 5.65 Å². The van der Waals surface area contributed by atoms with Crippen LogP contribution in [0.2, 0.25) is 0 Å². The standard InChI is InChI=1S/C19H20N6O2/c1-13-16(11-25-17(22-13)5-6-21-25)19(27)23-15-4-2-3-14(9-15)10-24-8-7-20-18(26)12-24/h2-6,9,11H,7-8,10,12H2,1H3,(H,20,26)(H,23,27). The van der Waals surface area contributed by atoms with Gasteiger partial charge in [-0.15, -0.1) is 0 Å². The first kappa shape index (κ1) is 17.2. The molecule has 2 amide bonds. The molecule has 0 spiro atoms. The molecule has 1 aliphatic heterocycles. The summed E-state index contributed by atoms with van der Waals surface area (Å²) in [6, 6.07) is 9.46. The Morgan fingerprint density at radius 1 is 1.33 bits per heavy atom. The minimum Gasteiger partial charge on any atom is -0.354 e. The van der Waals surface area contributed by atoms with Crippen LogP contribution in [0.3, 0.4) is 0 Å². The van der Waals surface area contributed by atoms with Gasteiger partial charge in [-0.2, -0.15) is 5.10 Å². The number of carbonyl (C=O) groups is 2. The van der Waals surface area contributed by atoms with Gasteiger partial charge in [-0.05, 0) is 24.6 Å². The van der Waals surface area contributed by atoms with E-state index in [1.54, 1.807) is 29.9 Å². The Bertz CT molecular complexity index is 1010. The Kier molecular flexibility index (Phi) is 4.55. The number of piperazine rings is 1. The van der Waals surface area contributed by atoms with Gasteiger partial charge < -0.3 is 10.6 Å². The minimum atomic E-state index is -0.230. The van der Waals surface area contributed by atoms with Crippen LogP contribution in [-0.4, -0.2) is 50.9 Å². The highest BCUT2D eigenvalue weighted by molar-refractivity contribution is 6.04. The lowest BCUT2D eigenvalue weighted by Crippen LogP contribution is -2.47. The fourth-order valence-corrected chi connectivity index (χ4v) is 3.20. The summed E-state index contributed by atoms with van der Waals surface area (Å²) in [5, 5.41) is 9.87. The first-order valence-corrected chi connectivity index (χ1v) is 8.79. The van der Waals surface area contributed by atoms with Crippen LogP contribution < -0.4 is 10.6 Å². The van der Waals surface area contributed by atoms with Crippen molar-refractivity contribution in [2.24, 2.45) is 0 Å². The fourth-order valence-electron chi connectivity index (χ4n) is 3.20. The summed E-state index contributed by atoms with van der Waals surface area (Å²) in [5.41, 5.74) is 3.58. The highest BCUT2D eigenvalue weighted by atomic mass is 16.2. The molecular formula is C19H20N6O2. The van der Waals surface area contributed by atoms with E-state index in [0.717, 1.165) is 12.1 Å². The summed E-state index contributed by atoms with van der Waals surface area (Å²) in [6.45, 7) is 4.34. The Labute approximate surface area is 156 Å². The summed E-state index contributed by atoms with van der Waals surface area (Å²) in [7, 11) is 0. The van der Waals surface area contributed by atoms with Gasteiger partial charge in [-0.25, -0.2) is 9.50 Å². The molecule has 1 saturated heterocycles. The maximum atomic E-state index is 12.7. The quantitative estimate of drug-likeness (QED) is 0.726. The zero-order chi connectivity index (χ0) is 18.8. The third-order valence-electron chi connectivity index (χ3n) is 4.53. The number of aromatic nitrogens is 3. The Balaban J connectivity index is 1.49. The molecule has 0 bridgehead atoms. The van der Waals surface area contributed by atoms with Crippen molar-refractivity contribution in [2.45, 2.75) is 13.5 Å². The van der Waals surface area contributed by atoms with Crippen molar-refractivity contribution in [3.8, 4) is 0 Å². The van der Waals surface area contributed by atoms with Crippen molar-refractivity contribution in [3.63, 3.8) is 0 Å². The van der Waals surface area contributed by atoms with Crippen LogP contribution in [0.1, 0.15) is 21.6 Å². The van der Waals surface area contributed by atoms with Crippen molar-refractivity contribution in [3.05, 3.63) is 59.5 Å². The van der Waals surface area contributed by atoms with E-state index >= 15 is 0 Å². The number of amides is 2. The van der Waals surface area contributed by atoms with Gasteiger partial charge in [0.2, 0.25) is 5.91 Å². The Morgan fingerprint density at radius 2 is 2.22 bits per heavy atom. The zero-order valence-corrected chi connectivity index (χ0v) is 15.0. The van der Waals surface area contributed by atoms with Crippen molar-refractivity contribution in [1.29, 1.82) is 0 Å². The number of aryl methyl sites for hydroxylation is 1. The van der Waals surface area contributed by atoms with E-state index in [4.69, 9.17) is 0 Å². The zero-order valence-electron chi connectivity index (χ0n) is 15.0. The molecule has 3 aromatic rings. The van der Waals surface area contributed by atoms with Crippen LogP contribution in [0.4, 0.5) is 5.69 Å². The van der Waals surface area contributed by atoms with Crippen LogP contribution in [-0.2, 0) is 11.3 Å². The largest absolute Gasteiger partial charge is 0.354 e. The lowest BCUT2D eigenvalue weighted by atomic mass is 10.1. The average molecular weight is 364 g/mol. The molecule has 0 radical (unpaired) electrons. The Morgan fingerprint density at radius 3 is 3.07 bits per heavy atom. The van der Waals surface area contributed by atoms with Crippen molar-refractivity contribution in [1.82, 2.24) is 24.8 Å². The summed E-state index contributed by atoms with van der Waals surface area (Å²) in [5.74, 6) is -0.186. The molecule has 1 fully saturated rings. The maximum absolute atomic E-state index is 12.7. The molecular weight excluding hydrogens is 344 g/mol. The normalized spacial score (nSPS) is 14.9. The predicted octanol–water partition coefficient (Wildman–Crippen LogP) is 1.22. The van der Waals surface area contributed by atoms with Gasteiger partial charge >= 0.3 is 0 Å². The molecule has 0 saturated carbocycles. The lowest BCUT2D eigenvalue weighted by Gasteiger charge is -2.26. The molecule has 0 unspecified atom stereocenters. The average Bonchev–Trinajstić information content (AvgIpc) is 3.08. The molecule has 8 nitrogen and oxygen atoms in total. The van der Waals surface area contributed by atoms with E-state index in [9.17, 15) is 9.59 Å².